The molecule has 2 aromatic carbocycles. The third kappa shape index (κ3) is 5.05. The van der Waals surface area contributed by atoms with Gasteiger partial charge in [0.1, 0.15) is 0 Å². The molecule has 3 N–H and O–H groups in total. The molecule has 0 aliphatic heterocycles. The summed E-state index contributed by atoms with van der Waals surface area (Å²) < 4.78 is 1.82. The van der Waals surface area contributed by atoms with Gasteiger partial charge in [-0.15, -0.1) is 0 Å². The van der Waals surface area contributed by atoms with Gasteiger partial charge in [-0.2, -0.15) is 5.10 Å². The Morgan fingerprint density at radius 2 is 1.63 bits per heavy atom. The first-order valence-corrected chi connectivity index (χ1v) is 9.84. The Morgan fingerprint density at radius 1 is 0.933 bits per heavy atom. The number of benzene rings is 2. The lowest BCUT2D eigenvalue weighted by Gasteiger charge is -2.11. The number of aryl methyl sites for hydroxylation is 3. The van der Waals surface area contributed by atoms with Crippen molar-refractivity contribution in [3.8, 4) is 5.69 Å². The monoisotopic (exact) mass is 405 g/mol. The molecule has 7 nitrogen and oxygen atoms in total. The highest BCUT2D eigenvalue weighted by molar-refractivity contribution is 5.85. The molecule has 0 saturated heterocycles. The van der Waals surface area contributed by atoms with Gasteiger partial charge in [0.25, 0.3) is 5.91 Å². The van der Waals surface area contributed by atoms with Gasteiger partial charge < -0.3 is 5.32 Å². The lowest BCUT2D eigenvalue weighted by molar-refractivity contribution is -0.127. The van der Waals surface area contributed by atoms with Gasteiger partial charge in [0.05, 0.1) is 24.3 Å². The van der Waals surface area contributed by atoms with Crippen LogP contribution in [-0.4, -0.2) is 28.1 Å². The summed E-state index contributed by atoms with van der Waals surface area (Å²) in [5.41, 5.74) is 11.5. The molecule has 0 spiro atoms. The standard InChI is InChI=1S/C23H27N5O2/c1-15-10-11-21(16(2)12-15)24-14-23(30)26-25-22(29)13-20-17(3)27-28(18(20)4)19-8-6-5-7-9-19/h5-12,24H,13-14H2,1-4H3,(H,25,29)(H,26,30). The Balaban J connectivity index is 1.53. The van der Waals surface area contributed by atoms with Crippen molar-refractivity contribution in [3.63, 3.8) is 0 Å². The molecule has 156 valence electrons. The summed E-state index contributed by atoms with van der Waals surface area (Å²) in [6.45, 7) is 7.87. The van der Waals surface area contributed by atoms with Crippen molar-refractivity contribution in [2.75, 3.05) is 11.9 Å². The van der Waals surface area contributed by atoms with Crippen LogP contribution in [0.2, 0.25) is 0 Å². The minimum Gasteiger partial charge on any atom is -0.376 e. The second-order valence-corrected chi connectivity index (χ2v) is 7.34. The maximum atomic E-state index is 12.3. The van der Waals surface area contributed by atoms with Crippen molar-refractivity contribution < 1.29 is 9.59 Å². The molecule has 0 unspecified atom stereocenters. The summed E-state index contributed by atoms with van der Waals surface area (Å²) in [6, 6.07) is 15.7. The van der Waals surface area contributed by atoms with Crippen molar-refractivity contribution in [2.45, 2.75) is 34.1 Å². The summed E-state index contributed by atoms with van der Waals surface area (Å²) in [7, 11) is 0. The van der Waals surface area contributed by atoms with E-state index in [-0.39, 0.29) is 24.8 Å². The zero-order valence-electron chi connectivity index (χ0n) is 17.7. The van der Waals surface area contributed by atoms with Crippen molar-refractivity contribution in [3.05, 3.63) is 76.6 Å². The Bertz CT molecular complexity index is 1060. The number of para-hydroxylation sites is 1. The van der Waals surface area contributed by atoms with Gasteiger partial charge in [-0.05, 0) is 51.5 Å². The van der Waals surface area contributed by atoms with Crippen LogP contribution in [-0.2, 0) is 16.0 Å². The molecule has 2 amide bonds. The third-order valence-electron chi connectivity index (χ3n) is 4.94. The van der Waals surface area contributed by atoms with Crippen molar-refractivity contribution in [1.29, 1.82) is 0 Å². The van der Waals surface area contributed by atoms with E-state index in [9.17, 15) is 9.59 Å². The number of amides is 2. The molecule has 0 aliphatic carbocycles. The van der Waals surface area contributed by atoms with Crippen LogP contribution >= 0.6 is 0 Å². The first-order chi connectivity index (χ1) is 14.3. The van der Waals surface area contributed by atoms with Gasteiger partial charge in [-0.1, -0.05) is 35.9 Å². The van der Waals surface area contributed by atoms with E-state index in [1.54, 1.807) is 0 Å². The minimum atomic E-state index is -0.322. The van der Waals surface area contributed by atoms with Crippen molar-refractivity contribution in [2.24, 2.45) is 0 Å². The fourth-order valence-corrected chi connectivity index (χ4v) is 3.33. The average Bonchev–Trinajstić information content (AvgIpc) is 3.00. The predicted molar refractivity (Wildman–Crippen MR) is 117 cm³/mol. The van der Waals surface area contributed by atoms with E-state index >= 15 is 0 Å². The van der Waals surface area contributed by atoms with E-state index in [2.05, 4.69) is 21.3 Å². The van der Waals surface area contributed by atoms with Crippen molar-refractivity contribution in [1.82, 2.24) is 20.6 Å². The van der Waals surface area contributed by atoms with Crippen molar-refractivity contribution >= 4 is 17.5 Å². The molecule has 7 heteroatoms. The zero-order valence-corrected chi connectivity index (χ0v) is 17.7. The van der Waals surface area contributed by atoms with Crippen LogP contribution in [0.3, 0.4) is 0 Å². The highest BCUT2D eigenvalue weighted by atomic mass is 16.2. The van der Waals surface area contributed by atoms with Crippen LogP contribution in [0.25, 0.3) is 5.69 Å². The molecule has 1 heterocycles. The number of hydrazine groups is 1. The SMILES string of the molecule is Cc1ccc(NCC(=O)NNC(=O)Cc2c(C)nn(-c3ccccc3)c2C)c(C)c1. The summed E-state index contributed by atoms with van der Waals surface area (Å²) in [5, 5.41) is 7.62. The van der Waals surface area contributed by atoms with Crippen LogP contribution in [0.15, 0.2) is 48.5 Å². The summed E-state index contributed by atoms with van der Waals surface area (Å²) in [5.74, 6) is -0.620. The Kier molecular flexibility index (Phi) is 6.51. The molecule has 3 aromatic rings. The lowest BCUT2D eigenvalue weighted by atomic mass is 10.1. The highest BCUT2D eigenvalue weighted by Crippen LogP contribution is 2.18. The average molecular weight is 406 g/mol. The smallest absolute Gasteiger partial charge is 0.257 e. The topological polar surface area (TPSA) is 88.1 Å². The highest BCUT2D eigenvalue weighted by Gasteiger charge is 2.16. The molecule has 0 saturated carbocycles. The molecule has 1 aromatic heterocycles. The Hall–Kier alpha value is -3.61. The Morgan fingerprint density at radius 3 is 2.33 bits per heavy atom. The fourth-order valence-electron chi connectivity index (χ4n) is 3.33. The Labute approximate surface area is 176 Å². The molecular weight excluding hydrogens is 378 g/mol. The first kappa shape index (κ1) is 21.1. The normalized spacial score (nSPS) is 10.5. The molecule has 0 fully saturated rings. The van der Waals surface area contributed by atoms with Gasteiger partial charge in [0, 0.05) is 16.9 Å². The van der Waals surface area contributed by atoms with E-state index < -0.39 is 0 Å². The van der Waals surface area contributed by atoms with Gasteiger partial charge in [0.2, 0.25) is 5.91 Å². The van der Waals surface area contributed by atoms with Crippen LogP contribution in [0.1, 0.15) is 28.1 Å². The van der Waals surface area contributed by atoms with E-state index in [4.69, 9.17) is 0 Å². The molecule has 0 radical (unpaired) electrons. The van der Waals surface area contributed by atoms with Crippen LogP contribution in [0.4, 0.5) is 5.69 Å². The number of rotatable bonds is 6. The van der Waals surface area contributed by atoms with Crippen LogP contribution in [0.5, 0.6) is 0 Å². The van der Waals surface area contributed by atoms with Gasteiger partial charge in [0.15, 0.2) is 0 Å². The van der Waals surface area contributed by atoms with Crippen LogP contribution < -0.4 is 16.2 Å². The maximum Gasteiger partial charge on any atom is 0.257 e. The summed E-state index contributed by atoms with van der Waals surface area (Å²) in [6.07, 6.45) is 0.134. The van der Waals surface area contributed by atoms with E-state index in [0.29, 0.717) is 0 Å². The fraction of sp³-hybridized carbons (Fsp3) is 0.261. The molecule has 0 bridgehead atoms. The second-order valence-electron chi connectivity index (χ2n) is 7.34. The number of carbonyl (C=O) groups excluding carboxylic acids is 2. The summed E-state index contributed by atoms with van der Waals surface area (Å²) >= 11 is 0. The number of nitrogens with zero attached hydrogens (tertiary/aromatic N) is 2. The second kappa shape index (κ2) is 9.26. The van der Waals surface area contributed by atoms with Gasteiger partial charge >= 0.3 is 0 Å². The quantitative estimate of drug-likeness (QED) is 0.550. The summed E-state index contributed by atoms with van der Waals surface area (Å²) in [4.78, 5) is 24.4. The largest absolute Gasteiger partial charge is 0.376 e. The molecule has 30 heavy (non-hydrogen) atoms. The number of hydrogen-bond acceptors (Lipinski definition) is 4. The number of hydrogen-bond donors (Lipinski definition) is 3. The van der Waals surface area contributed by atoms with Crippen LogP contribution in [0, 0.1) is 27.7 Å². The lowest BCUT2D eigenvalue weighted by Crippen LogP contribution is -2.44. The van der Waals surface area contributed by atoms with E-state index in [1.807, 2.05) is 80.9 Å². The number of anilines is 1. The van der Waals surface area contributed by atoms with Gasteiger partial charge in [-0.25, -0.2) is 4.68 Å². The molecule has 3 rings (SSSR count). The van der Waals surface area contributed by atoms with Gasteiger partial charge in [-0.3, -0.25) is 20.4 Å². The maximum absolute atomic E-state index is 12.3. The first-order valence-electron chi connectivity index (χ1n) is 9.84. The zero-order chi connectivity index (χ0) is 21.7. The third-order valence-corrected chi connectivity index (χ3v) is 4.94. The number of carbonyl (C=O) groups is 2. The number of aromatic nitrogens is 2. The number of nitrogens with one attached hydrogen (secondary N) is 3. The van der Waals surface area contributed by atoms with E-state index in [1.165, 1.54) is 0 Å². The molecular formula is C23H27N5O2. The minimum absolute atomic E-state index is 0.0637. The molecule has 0 aliphatic rings. The molecule has 0 atom stereocenters. The predicted octanol–water partition coefficient (Wildman–Crippen LogP) is 2.91. The van der Waals surface area contributed by atoms with E-state index in [0.717, 1.165) is 39.5 Å².